The van der Waals surface area contributed by atoms with Crippen molar-refractivity contribution in [3.63, 3.8) is 0 Å². The fraction of sp³-hybridized carbons (Fsp3) is 0.360. The number of nitrogens with one attached hydrogen (secondary N) is 2. The minimum absolute atomic E-state index is 0.0536. The van der Waals surface area contributed by atoms with Gasteiger partial charge in [0.05, 0.1) is 12.6 Å². The zero-order chi connectivity index (χ0) is 21.8. The lowest BCUT2D eigenvalue weighted by Gasteiger charge is -2.38. The molecule has 1 amide bonds. The molecule has 2 heterocycles. The summed E-state index contributed by atoms with van der Waals surface area (Å²) in [5, 5.41) is 3.91. The number of fused-ring (bicyclic) bond motifs is 1. The van der Waals surface area contributed by atoms with Crippen molar-refractivity contribution in [3.8, 4) is 0 Å². The Morgan fingerprint density at radius 3 is 2.35 bits per heavy atom. The molecule has 0 saturated carbocycles. The van der Waals surface area contributed by atoms with E-state index in [1.807, 2.05) is 74.6 Å². The van der Waals surface area contributed by atoms with Crippen LogP contribution in [0.3, 0.4) is 0 Å². The number of hydrogen-bond donors (Lipinski definition) is 2. The number of nitrogens with zero attached hydrogens (tertiary/aromatic N) is 2. The number of benzene rings is 2. The summed E-state index contributed by atoms with van der Waals surface area (Å²) in [6.45, 7) is 7.34. The van der Waals surface area contributed by atoms with Gasteiger partial charge in [0.2, 0.25) is 5.91 Å². The van der Waals surface area contributed by atoms with E-state index in [0.29, 0.717) is 6.54 Å². The summed E-state index contributed by atoms with van der Waals surface area (Å²) in [6.07, 6.45) is 1.83. The van der Waals surface area contributed by atoms with Gasteiger partial charge < -0.3 is 10.3 Å². The fourth-order valence-corrected chi connectivity index (χ4v) is 4.34. The number of H-pyrrole nitrogens is 1. The number of hydrogen-bond acceptors (Lipinski definition) is 4. The second-order valence-electron chi connectivity index (χ2n) is 8.46. The van der Waals surface area contributed by atoms with Crippen LogP contribution >= 0.6 is 0 Å². The monoisotopic (exact) mass is 418 g/mol. The summed E-state index contributed by atoms with van der Waals surface area (Å²) >= 11 is 0. The van der Waals surface area contributed by atoms with E-state index in [1.165, 1.54) is 0 Å². The van der Waals surface area contributed by atoms with E-state index in [2.05, 4.69) is 20.1 Å². The number of para-hydroxylation sites is 1. The van der Waals surface area contributed by atoms with Crippen LogP contribution in [0.15, 0.2) is 60.8 Å². The predicted octanol–water partition coefficient (Wildman–Crippen LogP) is 3.23. The van der Waals surface area contributed by atoms with Crippen LogP contribution in [0.5, 0.6) is 0 Å². The summed E-state index contributed by atoms with van der Waals surface area (Å²) < 4.78 is 0. The molecule has 1 aromatic heterocycles. The highest BCUT2D eigenvalue weighted by Crippen LogP contribution is 2.29. The number of aromatic amines is 1. The van der Waals surface area contributed by atoms with Crippen LogP contribution < -0.4 is 5.32 Å². The highest BCUT2D eigenvalue weighted by Gasteiger charge is 2.32. The Bertz CT molecular complexity index is 1040. The molecule has 1 aliphatic heterocycles. The van der Waals surface area contributed by atoms with E-state index in [-0.39, 0.29) is 23.8 Å². The molecule has 2 aromatic carbocycles. The Morgan fingerprint density at radius 1 is 0.968 bits per heavy atom. The van der Waals surface area contributed by atoms with Crippen molar-refractivity contribution in [1.29, 1.82) is 0 Å². The van der Waals surface area contributed by atoms with Crippen molar-refractivity contribution in [2.75, 3.05) is 32.7 Å². The molecule has 6 heteroatoms. The van der Waals surface area contributed by atoms with Crippen LogP contribution in [0, 0.1) is 0 Å². The first-order chi connectivity index (χ1) is 15.0. The van der Waals surface area contributed by atoms with E-state index < -0.39 is 0 Å². The summed E-state index contributed by atoms with van der Waals surface area (Å²) in [4.78, 5) is 33.5. The highest BCUT2D eigenvalue weighted by molar-refractivity contribution is 6.10. The van der Waals surface area contributed by atoms with Crippen LogP contribution in [-0.2, 0) is 4.79 Å². The molecule has 1 fully saturated rings. The second-order valence-corrected chi connectivity index (χ2v) is 8.46. The van der Waals surface area contributed by atoms with E-state index >= 15 is 0 Å². The van der Waals surface area contributed by atoms with Crippen molar-refractivity contribution in [1.82, 2.24) is 20.1 Å². The van der Waals surface area contributed by atoms with Gasteiger partial charge in [-0.05, 0) is 25.5 Å². The van der Waals surface area contributed by atoms with E-state index in [1.54, 1.807) is 0 Å². The average molecular weight is 419 g/mol. The number of rotatable bonds is 7. The SMILES string of the molecule is CC(C)NC(=O)CN1CCN([C@H](C(=O)c2c[nH]c3ccccc23)c2ccccc2)CC1. The first-order valence-electron chi connectivity index (χ1n) is 10.9. The molecule has 1 saturated heterocycles. The lowest BCUT2D eigenvalue weighted by atomic mass is 9.95. The molecule has 31 heavy (non-hydrogen) atoms. The molecule has 6 nitrogen and oxygen atoms in total. The topological polar surface area (TPSA) is 68.4 Å². The van der Waals surface area contributed by atoms with Gasteiger partial charge in [0, 0.05) is 54.9 Å². The Morgan fingerprint density at radius 2 is 1.65 bits per heavy atom. The van der Waals surface area contributed by atoms with E-state index in [0.717, 1.165) is 48.2 Å². The number of aromatic nitrogens is 1. The second kappa shape index (κ2) is 9.45. The van der Waals surface area contributed by atoms with Crippen molar-refractivity contribution in [3.05, 3.63) is 71.9 Å². The van der Waals surface area contributed by atoms with Gasteiger partial charge in [-0.15, -0.1) is 0 Å². The molecule has 1 aliphatic rings. The molecule has 0 aliphatic carbocycles. The first kappa shape index (κ1) is 21.3. The third kappa shape index (κ3) is 4.86. The van der Waals surface area contributed by atoms with Crippen molar-refractivity contribution < 1.29 is 9.59 Å². The standard InChI is InChI=1S/C25H30N4O2/c1-18(2)27-23(30)17-28-12-14-29(15-13-28)24(19-8-4-3-5-9-19)25(31)21-16-26-22-11-7-6-10-20(21)22/h3-11,16,18,24,26H,12-15,17H2,1-2H3,(H,27,30)/t24-/m0/s1. The third-order valence-corrected chi connectivity index (χ3v) is 5.81. The maximum Gasteiger partial charge on any atom is 0.234 e. The maximum atomic E-state index is 13.8. The average Bonchev–Trinajstić information content (AvgIpc) is 3.19. The summed E-state index contributed by atoms with van der Waals surface area (Å²) in [5.74, 6) is 0.160. The van der Waals surface area contributed by atoms with Gasteiger partial charge in [-0.25, -0.2) is 0 Å². The number of carbonyl (C=O) groups is 2. The Hall–Kier alpha value is -2.96. The molecule has 3 aromatic rings. The normalized spacial score (nSPS) is 16.5. The van der Waals surface area contributed by atoms with Gasteiger partial charge in [0.25, 0.3) is 0 Å². The molecule has 1 atom stereocenters. The minimum atomic E-state index is -0.341. The van der Waals surface area contributed by atoms with Crippen LogP contribution in [-0.4, -0.2) is 65.2 Å². The van der Waals surface area contributed by atoms with Gasteiger partial charge in [-0.3, -0.25) is 19.4 Å². The molecular weight excluding hydrogens is 388 g/mol. The molecule has 0 unspecified atom stereocenters. The minimum Gasteiger partial charge on any atom is -0.360 e. The summed E-state index contributed by atoms with van der Waals surface area (Å²) in [7, 11) is 0. The fourth-order valence-electron chi connectivity index (χ4n) is 4.34. The van der Waals surface area contributed by atoms with Crippen LogP contribution in [0.2, 0.25) is 0 Å². The molecule has 4 rings (SSSR count). The number of carbonyl (C=O) groups excluding carboxylic acids is 2. The lowest BCUT2D eigenvalue weighted by Crippen LogP contribution is -2.51. The van der Waals surface area contributed by atoms with Gasteiger partial charge >= 0.3 is 0 Å². The molecule has 0 spiro atoms. The summed E-state index contributed by atoms with van der Waals surface area (Å²) in [5.41, 5.74) is 2.70. The molecular formula is C25H30N4O2. The van der Waals surface area contributed by atoms with Crippen LogP contribution in [0.1, 0.15) is 35.8 Å². The highest BCUT2D eigenvalue weighted by atomic mass is 16.2. The zero-order valence-corrected chi connectivity index (χ0v) is 18.2. The molecule has 0 bridgehead atoms. The van der Waals surface area contributed by atoms with Gasteiger partial charge in [0.1, 0.15) is 0 Å². The van der Waals surface area contributed by atoms with Crippen LogP contribution in [0.4, 0.5) is 0 Å². The van der Waals surface area contributed by atoms with Crippen molar-refractivity contribution in [2.45, 2.75) is 25.9 Å². The van der Waals surface area contributed by atoms with Crippen molar-refractivity contribution in [2.24, 2.45) is 0 Å². The molecule has 0 radical (unpaired) electrons. The summed E-state index contributed by atoms with van der Waals surface area (Å²) in [6, 6.07) is 17.7. The first-order valence-corrected chi connectivity index (χ1v) is 10.9. The third-order valence-electron chi connectivity index (χ3n) is 5.81. The van der Waals surface area contributed by atoms with Crippen LogP contribution in [0.25, 0.3) is 10.9 Å². The molecule has 2 N–H and O–H groups in total. The predicted molar refractivity (Wildman–Crippen MR) is 123 cm³/mol. The number of amides is 1. The smallest absolute Gasteiger partial charge is 0.234 e. The zero-order valence-electron chi connectivity index (χ0n) is 18.2. The molecule has 162 valence electrons. The number of piperazine rings is 1. The Balaban J connectivity index is 1.53. The van der Waals surface area contributed by atoms with Gasteiger partial charge in [-0.2, -0.15) is 0 Å². The van der Waals surface area contributed by atoms with E-state index in [9.17, 15) is 9.59 Å². The van der Waals surface area contributed by atoms with Crippen molar-refractivity contribution >= 4 is 22.6 Å². The Kier molecular flexibility index (Phi) is 6.49. The van der Waals surface area contributed by atoms with Gasteiger partial charge in [0.15, 0.2) is 5.78 Å². The largest absolute Gasteiger partial charge is 0.360 e. The number of ketones is 1. The Labute approximate surface area is 183 Å². The maximum absolute atomic E-state index is 13.8. The lowest BCUT2D eigenvalue weighted by molar-refractivity contribution is -0.123. The van der Waals surface area contributed by atoms with Gasteiger partial charge in [-0.1, -0.05) is 48.5 Å². The number of Topliss-reactive ketones (excluding diaryl/α,β-unsaturated/α-hetero) is 1. The quantitative estimate of drug-likeness (QED) is 0.578. The van der Waals surface area contributed by atoms with E-state index in [4.69, 9.17) is 0 Å².